The molecule has 1 aromatic heterocycles. The SMILES string of the molecule is FC(F)Oc1ccc(C2=C[C@H](c3ccc(Cl)cc3)n3ncnc3N2)cc1. The van der Waals surface area contributed by atoms with E-state index in [-0.39, 0.29) is 11.8 Å². The number of ether oxygens (including phenoxy) is 1. The summed E-state index contributed by atoms with van der Waals surface area (Å²) in [4.78, 5) is 4.23. The van der Waals surface area contributed by atoms with Crippen LogP contribution in [0.25, 0.3) is 5.70 Å². The Labute approximate surface area is 152 Å². The van der Waals surface area contributed by atoms with Gasteiger partial charge in [0, 0.05) is 10.7 Å². The molecule has 5 nitrogen and oxygen atoms in total. The van der Waals surface area contributed by atoms with Crippen molar-refractivity contribution in [2.45, 2.75) is 12.7 Å². The van der Waals surface area contributed by atoms with E-state index in [1.54, 1.807) is 16.8 Å². The maximum atomic E-state index is 12.3. The number of benzene rings is 2. The average molecular weight is 375 g/mol. The molecule has 3 aromatic rings. The van der Waals surface area contributed by atoms with Crippen LogP contribution in [-0.2, 0) is 0 Å². The summed E-state index contributed by atoms with van der Waals surface area (Å²) in [6.07, 6.45) is 3.47. The second-order valence-corrected chi connectivity index (χ2v) is 6.07. The Morgan fingerprint density at radius 2 is 1.81 bits per heavy atom. The van der Waals surface area contributed by atoms with Crippen molar-refractivity contribution in [2.75, 3.05) is 5.32 Å². The number of alkyl halides is 2. The third kappa shape index (κ3) is 3.25. The van der Waals surface area contributed by atoms with Crippen molar-refractivity contribution in [1.82, 2.24) is 14.8 Å². The van der Waals surface area contributed by atoms with E-state index in [1.165, 1.54) is 18.5 Å². The summed E-state index contributed by atoms with van der Waals surface area (Å²) in [6, 6.07) is 13.7. The predicted molar refractivity (Wildman–Crippen MR) is 94.3 cm³/mol. The molecule has 1 aliphatic rings. The van der Waals surface area contributed by atoms with Gasteiger partial charge in [-0.1, -0.05) is 23.7 Å². The van der Waals surface area contributed by atoms with Gasteiger partial charge in [-0.25, -0.2) is 4.68 Å². The molecule has 8 heteroatoms. The average Bonchev–Trinajstić information content (AvgIpc) is 3.10. The summed E-state index contributed by atoms with van der Waals surface area (Å²) in [6.45, 7) is -2.85. The van der Waals surface area contributed by atoms with E-state index in [0.29, 0.717) is 11.0 Å². The summed E-state index contributed by atoms with van der Waals surface area (Å²) >= 11 is 5.98. The number of nitrogens with one attached hydrogen (secondary N) is 1. The largest absolute Gasteiger partial charge is 0.435 e. The molecular weight excluding hydrogens is 362 g/mol. The molecule has 0 saturated carbocycles. The Balaban J connectivity index is 1.69. The van der Waals surface area contributed by atoms with Gasteiger partial charge in [0.1, 0.15) is 18.1 Å². The van der Waals surface area contributed by atoms with Crippen molar-refractivity contribution in [3.63, 3.8) is 0 Å². The molecule has 0 fully saturated rings. The molecule has 0 radical (unpaired) electrons. The Kier molecular flexibility index (Phi) is 4.30. The monoisotopic (exact) mass is 374 g/mol. The van der Waals surface area contributed by atoms with Crippen molar-refractivity contribution >= 4 is 23.2 Å². The molecule has 4 rings (SSSR count). The minimum atomic E-state index is -2.85. The standard InChI is InChI=1S/C18H13ClF2N4O/c19-13-5-1-12(2-6-13)16-9-15(24-18-22-10-23-25(16)18)11-3-7-14(8-4-11)26-17(20)21/h1-10,16-17H,(H,22,23,24)/t16-/m1/s1. The van der Waals surface area contributed by atoms with Gasteiger partial charge in [0.25, 0.3) is 0 Å². The first kappa shape index (κ1) is 16.5. The van der Waals surface area contributed by atoms with E-state index in [2.05, 4.69) is 20.1 Å². The maximum absolute atomic E-state index is 12.3. The van der Waals surface area contributed by atoms with Crippen LogP contribution in [0.3, 0.4) is 0 Å². The van der Waals surface area contributed by atoms with E-state index in [4.69, 9.17) is 11.6 Å². The number of aromatic nitrogens is 3. The van der Waals surface area contributed by atoms with Crippen LogP contribution in [0.2, 0.25) is 5.02 Å². The van der Waals surface area contributed by atoms with Crippen LogP contribution in [0, 0.1) is 0 Å². The summed E-state index contributed by atoms with van der Waals surface area (Å²) in [5.41, 5.74) is 2.62. The normalized spacial score (nSPS) is 16.0. The van der Waals surface area contributed by atoms with Crippen LogP contribution in [0.15, 0.2) is 60.9 Å². The molecule has 2 heterocycles. The molecule has 0 aliphatic carbocycles. The lowest BCUT2D eigenvalue weighted by atomic mass is 10.0. The summed E-state index contributed by atoms with van der Waals surface area (Å²) in [5.74, 6) is 0.702. The number of anilines is 1. The molecule has 0 bridgehead atoms. The molecule has 1 aliphatic heterocycles. The van der Waals surface area contributed by atoms with Gasteiger partial charge < -0.3 is 10.1 Å². The van der Waals surface area contributed by atoms with Gasteiger partial charge in [0.2, 0.25) is 5.95 Å². The number of hydrogen-bond acceptors (Lipinski definition) is 4. The smallest absolute Gasteiger partial charge is 0.387 e. The molecule has 26 heavy (non-hydrogen) atoms. The van der Waals surface area contributed by atoms with Crippen LogP contribution < -0.4 is 10.1 Å². The molecule has 0 saturated heterocycles. The number of allylic oxidation sites excluding steroid dienone is 1. The van der Waals surface area contributed by atoms with Crippen molar-refractivity contribution in [2.24, 2.45) is 0 Å². The maximum Gasteiger partial charge on any atom is 0.387 e. The molecule has 0 spiro atoms. The first-order chi connectivity index (χ1) is 12.6. The summed E-state index contributed by atoms with van der Waals surface area (Å²) in [7, 11) is 0. The van der Waals surface area contributed by atoms with Crippen molar-refractivity contribution in [3.05, 3.63) is 77.1 Å². The van der Waals surface area contributed by atoms with Gasteiger partial charge in [-0.3, -0.25) is 0 Å². The molecule has 2 aromatic carbocycles. The highest BCUT2D eigenvalue weighted by molar-refractivity contribution is 6.30. The van der Waals surface area contributed by atoms with E-state index < -0.39 is 6.61 Å². The van der Waals surface area contributed by atoms with Gasteiger partial charge in [0.05, 0.1) is 0 Å². The third-order valence-corrected chi connectivity index (χ3v) is 4.26. The fourth-order valence-corrected chi connectivity index (χ4v) is 2.94. The fourth-order valence-electron chi connectivity index (χ4n) is 2.82. The lowest BCUT2D eigenvalue weighted by Crippen LogP contribution is -2.20. The van der Waals surface area contributed by atoms with E-state index in [0.717, 1.165) is 16.8 Å². The van der Waals surface area contributed by atoms with E-state index >= 15 is 0 Å². The van der Waals surface area contributed by atoms with Gasteiger partial charge in [-0.15, -0.1) is 0 Å². The quantitative estimate of drug-likeness (QED) is 0.725. The second-order valence-electron chi connectivity index (χ2n) is 5.63. The van der Waals surface area contributed by atoms with Gasteiger partial charge >= 0.3 is 6.61 Å². The van der Waals surface area contributed by atoms with Crippen LogP contribution in [0.5, 0.6) is 5.75 Å². The lowest BCUT2D eigenvalue weighted by molar-refractivity contribution is -0.0498. The Morgan fingerprint density at radius 3 is 2.50 bits per heavy atom. The topological polar surface area (TPSA) is 52.0 Å². The highest BCUT2D eigenvalue weighted by atomic mass is 35.5. The van der Waals surface area contributed by atoms with E-state index in [1.807, 2.05) is 30.3 Å². The number of nitrogens with zero attached hydrogens (tertiary/aromatic N) is 3. The zero-order valence-electron chi connectivity index (χ0n) is 13.3. The van der Waals surface area contributed by atoms with Crippen molar-refractivity contribution in [1.29, 1.82) is 0 Å². The van der Waals surface area contributed by atoms with Crippen LogP contribution >= 0.6 is 11.6 Å². The molecular formula is C18H13ClF2N4O. The molecule has 1 N–H and O–H groups in total. The van der Waals surface area contributed by atoms with Crippen LogP contribution in [0.1, 0.15) is 17.2 Å². The molecule has 0 amide bonds. The lowest BCUT2D eigenvalue weighted by Gasteiger charge is -2.24. The number of rotatable bonds is 4. The Hall–Kier alpha value is -2.93. The third-order valence-electron chi connectivity index (χ3n) is 4.01. The van der Waals surface area contributed by atoms with Gasteiger partial charge in [-0.2, -0.15) is 18.9 Å². The Bertz CT molecular complexity index is 939. The van der Waals surface area contributed by atoms with E-state index in [9.17, 15) is 8.78 Å². The van der Waals surface area contributed by atoms with Crippen LogP contribution in [0.4, 0.5) is 14.7 Å². The minimum absolute atomic E-state index is 0.109. The zero-order valence-corrected chi connectivity index (χ0v) is 14.1. The summed E-state index contributed by atoms with van der Waals surface area (Å²) < 4.78 is 30.8. The highest BCUT2D eigenvalue weighted by Gasteiger charge is 2.23. The number of halogens is 3. The second kappa shape index (κ2) is 6.76. The van der Waals surface area contributed by atoms with Crippen molar-refractivity contribution in [3.8, 4) is 5.75 Å². The first-order valence-corrected chi connectivity index (χ1v) is 8.17. The number of hydrogen-bond donors (Lipinski definition) is 1. The Morgan fingerprint density at radius 1 is 1.08 bits per heavy atom. The van der Waals surface area contributed by atoms with Crippen molar-refractivity contribution < 1.29 is 13.5 Å². The zero-order chi connectivity index (χ0) is 18.1. The predicted octanol–water partition coefficient (Wildman–Crippen LogP) is 4.59. The molecule has 0 unspecified atom stereocenters. The highest BCUT2D eigenvalue weighted by Crippen LogP contribution is 2.32. The van der Waals surface area contributed by atoms with Gasteiger partial charge in [-0.05, 0) is 53.6 Å². The molecule has 132 valence electrons. The summed E-state index contributed by atoms with van der Waals surface area (Å²) in [5, 5.41) is 8.13. The number of fused-ring (bicyclic) bond motifs is 1. The minimum Gasteiger partial charge on any atom is -0.435 e. The van der Waals surface area contributed by atoms with Crippen LogP contribution in [-0.4, -0.2) is 21.4 Å². The van der Waals surface area contributed by atoms with Gasteiger partial charge in [0.15, 0.2) is 0 Å². The first-order valence-electron chi connectivity index (χ1n) is 7.79. The molecule has 1 atom stereocenters. The fraction of sp³-hybridized carbons (Fsp3) is 0.111.